The molecular weight excluding hydrogens is 273 g/mol. The predicted molar refractivity (Wildman–Crippen MR) is 68.2 cm³/mol. The van der Waals surface area contributed by atoms with Gasteiger partial charge in [-0.2, -0.15) is 0 Å². The van der Waals surface area contributed by atoms with Crippen LogP contribution in [0.15, 0.2) is 22.7 Å². The Hall–Kier alpha value is -0.0500. The van der Waals surface area contributed by atoms with E-state index in [0.29, 0.717) is 0 Å². The molecule has 0 amide bonds. The molecular formula is C12H15BrClN. The summed E-state index contributed by atoms with van der Waals surface area (Å²) in [5, 5.41) is 4.37. The summed E-state index contributed by atoms with van der Waals surface area (Å²) in [5.74, 6) is 0.888. The van der Waals surface area contributed by atoms with E-state index < -0.39 is 0 Å². The highest BCUT2D eigenvalue weighted by Crippen LogP contribution is 2.33. The summed E-state index contributed by atoms with van der Waals surface area (Å²) in [4.78, 5) is 0. The topological polar surface area (TPSA) is 12.0 Å². The van der Waals surface area contributed by atoms with Crippen LogP contribution in [0.25, 0.3) is 0 Å². The van der Waals surface area contributed by atoms with Gasteiger partial charge in [-0.15, -0.1) is 0 Å². The standard InChI is InChI=1S/C12H15BrClN/c1-2-8-5-12(8)15-7-9-3-4-10(13)6-11(9)14/h3-4,6,8,12,15H,2,5,7H2,1H3. The molecule has 0 bridgehead atoms. The lowest BCUT2D eigenvalue weighted by molar-refractivity contribution is 0.623. The van der Waals surface area contributed by atoms with Crippen LogP contribution in [0.5, 0.6) is 0 Å². The van der Waals surface area contributed by atoms with Gasteiger partial charge in [0.1, 0.15) is 0 Å². The van der Waals surface area contributed by atoms with Gasteiger partial charge in [0.05, 0.1) is 0 Å². The molecule has 0 spiro atoms. The predicted octanol–water partition coefficient (Wildman–Crippen LogP) is 3.99. The molecule has 15 heavy (non-hydrogen) atoms. The van der Waals surface area contributed by atoms with Crippen LogP contribution in [0.1, 0.15) is 25.3 Å². The fourth-order valence-corrected chi connectivity index (χ4v) is 2.60. The van der Waals surface area contributed by atoms with E-state index in [1.165, 1.54) is 18.4 Å². The Morgan fingerprint density at radius 3 is 2.93 bits per heavy atom. The zero-order chi connectivity index (χ0) is 10.8. The molecule has 1 aliphatic rings. The van der Waals surface area contributed by atoms with E-state index in [0.717, 1.165) is 28.0 Å². The Labute approximate surface area is 104 Å². The van der Waals surface area contributed by atoms with Crippen LogP contribution in [-0.2, 0) is 6.54 Å². The molecule has 1 aromatic carbocycles. The van der Waals surface area contributed by atoms with Crippen LogP contribution < -0.4 is 5.32 Å². The van der Waals surface area contributed by atoms with E-state index in [4.69, 9.17) is 11.6 Å². The zero-order valence-electron chi connectivity index (χ0n) is 8.76. The summed E-state index contributed by atoms with van der Waals surface area (Å²) in [6, 6.07) is 6.77. The van der Waals surface area contributed by atoms with Crippen LogP contribution in [0.4, 0.5) is 0 Å². The lowest BCUT2D eigenvalue weighted by Gasteiger charge is -2.06. The van der Waals surface area contributed by atoms with Gasteiger partial charge in [0.25, 0.3) is 0 Å². The van der Waals surface area contributed by atoms with Crippen molar-refractivity contribution in [3.8, 4) is 0 Å². The summed E-state index contributed by atoms with van der Waals surface area (Å²) in [6.45, 7) is 3.13. The van der Waals surface area contributed by atoms with Crippen molar-refractivity contribution in [2.75, 3.05) is 0 Å². The lowest BCUT2D eigenvalue weighted by atomic mass is 10.2. The summed E-state index contributed by atoms with van der Waals surface area (Å²) < 4.78 is 1.04. The Kier molecular flexibility index (Phi) is 3.70. The van der Waals surface area contributed by atoms with Gasteiger partial charge in [0.15, 0.2) is 0 Å². The third-order valence-electron chi connectivity index (χ3n) is 3.02. The minimum Gasteiger partial charge on any atom is -0.310 e. The van der Waals surface area contributed by atoms with Gasteiger partial charge < -0.3 is 5.32 Å². The molecule has 0 aliphatic heterocycles. The maximum absolute atomic E-state index is 6.13. The Morgan fingerprint density at radius 2 is 2.33 bits per heavy atom. The number of rotatable bonds is 4. The maximum atomic E-state index is 6.13. The van der Waals surface area contributed by atoms with Crippen molar-refractivity contribution in [3.05, 3.63) is 33.3 Å². The second kappa shape index (κ2) is 4.86. The highest BCUT2D eigenvalue weighted by molar-refractivity contribution is 9.10. The number of benzene rings is 1. The summed E-state index contributed by atoms with van der Waals surface area (Å²) in [6.07, 6.45) is 2.61. The number of halogens is 2. The quantitative estimate of drug-likeness (QED) is 0.883. The number of nitrogens with one attached hydrogen (secondary N) is 1. The molecule has 0 radical (unpaired) electrons. The Bertz CT molecular complexity index is 353. The van der Waals surface area contributed by atoms with Gasteiger partial charge >= 0.3 is 0 Å². The van der Waals surface area contributed by atoms with Crippen LogP contribution in [0.3, 0.4) is 0 Å². The van der Waals surface area contributed by atoms with Gasteiger partial charge in [0.2, 0.25) is 0 Å². The van der Waals surface area contributed by atoms with Gasteiger partial charge in [-0.1, -0.05) is 46.9 Å². The fourth-order valence-electron chi connectivity index (χ4n) is 1.85. The first-order valence-corrected chi connectivity index (χ1v) is 6.55. The van der Waals surface area contributed by atoms with E-state index in [9.17, 15) is 0 Å². The highest BCUT2D eigenvalue weighted by atomic mass is 79.9. The van der Waals surface area contributed by atoms with Crippen molar-refractivity contribution < 1.29 is 0 Å². The summed E-state index contributed by atoms with van der Waals surface area (Å²) in [7, 11) is 0. The lowest BCUT2D eigenvalue weighted by Crippen LogP contribution is -2.17. The number of hydrogen-bond donors (Lipinski definition) is 1. The Morgan fingerprint density at radius 1 is 1.53 bits per heavy atom. The molecule has 1 aromatic rings. The normalized spacial score (nSPS) is 24.2. The highest BCUT2D eigenvalue weighted by Gasteiger charge is 2.34. The molecule has 1 fully saturated rings. The molecule has 2 unspecified atom stereocenters. The number of hydrogen-bond acceptors (Lipinski definition) is 1. The van der Waals surface area contributed by atoms with E-state index >= 15 is 0 Å². The molecule has 3 heteroatoms. The second-order valence-corrected chi connectivity index (χ2v) is 5.45. The largest absolute Gasteiger partial charge is 0.310 e. The monoisotopic (exact) mass is 287 g/mol. The van der Waals surface area contributed by atoms with E-state index in [1.54, 1.807) is 0 Å². The van der Waals surface area contributed by atoms with Crippen molar-refractivity contribution in [1.29, 1.82) is 0 Å². The first-order chi connectivity index (χ1) is 7.20. The molecule has 0 saturated heterocycles. The molecule has 1 N–H and O–H groups in total. The van der Waals surface area contributed by atoms with Crippen molar-refractivity contribution >= 4 is 27.5 Å². The van der Waals surface area contributed by atoms with Gasteiger partial charge in [-0.3, -0.25) is 0 Å². The van der Waals surface area contributed by atoms with Crippen molar-refractivity contribution in [1.82, 2.24) is 5.32 Å². The molecule has 2 rings (SSSR count). The van der Waals surface area contributed by atoms with E-state index in [2.05, 4.69) is 34.2 Å². The summed E-state index contributed by atoms with van der Waals surface area (Å²) in [5.41, 5.74) is 1.18. The van der Waals surface area contributed by atoms with Crippen molar-refractivity contribution in [2.45, 2.75) is 32.4 Å². The summed E-state index contributed by atoms with van der Waals surface area (Å²) >= 11 is 9.54. The molecule has 1 aliphatic carbocycles. The average molecular weight is 289 g/mol. The van der Waals surface area contributed by atoms with Crippen molar-refractivity contribution in [3.63, 3.8) is 0 Å². The SMILES string of the molecule is CCC1CC1NCc1ccc(Br)cc1Cl. The van der Waals surface area contributed by atoms with Gasteiger partial charge in [0, 0.05) is 22.1 Å². The second-order valence-electron chi connectivity index (χ2n) is 4.13. The molecule has 0 aromatic heterocycles. The smallest absolute Gasteiger partial charge is 0.0462 e. The first kappa shape index (κ1) is 11.4. The third kappa shape index (κ3) is 2.96. The van der Waals surface area contributed by atoms with Gasteiger partial charge in [-0.05, 0) is 30.0 Å². The van der Waals surface area contributed by atoms with E-state index in [-0.39, 0.29) is 0 Å². The van der Waals surface area contributed by atoms with Crippen LogP contribution in [-0.4, -0.2) is 6.04 Å². The minimum absolute atomic E-state index is 0.717. The van der Waals surface area contributed by atoms with E-state index in [1.807, 2.05) is 12.1 Å². The van der Waals surface area contributed by atoms with Crippen LogP contribution >= 0.6 is 27.5 Å². The van der Waals surface area contributed by atoms with Gasteiger partial charge in [-0.25, -0.2) is 0 Å². The van der Waals surface area contributed by atoms with Crippen LogP contribution in [0.2, 0.25) is 5.02 Å². The first-order valence-electron chi connectivity index (χ1n) is 5.38. The molecule has 1 saturated carbocycles. The average Bonchev–Trinajstić information content (AvgIpc) is 2.95. The molecule has 0 heterocycles. The molecule has 2 atom stereocenters. The van der Waals surface area contributed by atoms with Crippen molar-refractivity contribution in [2.24, 2.45) is 5.92 Å². The Balaban J connectivity index is 1.88. The fraction of sp³-hybridized carbons (Fsp3) is 0.500. The molecule has 82 valence electrons. The molecule has 1 nitrogen and oxygen atoms in total. The minimum atomic E-state index is 0.717. The zero-order valence-corrected chi connectivity index (χ0v) is 11.1. The van der Waals surface area contributed by atoms with Crippen LogP contribution in [0, 0.1) is 5.92 Å². The maximum Gasteiger partial charge on any atom is 0.0462 e. The third-order valence-corrected chi connectivity index (χ3v) is 3.86.